The molecule has 0 aliphatic carbocycles. The van der Waals surface area contributed by atoms with Crippen molar-refractivity contribution in [1.82, 2.24) is 0 Å². The van der Waals surface area contributed by atoms with Gasteiger partial charge in [-0.05, 0) is 0 Å². The van der Waals surface area contributed by atoms with Crippen LogP contribution >= 0.6 is 7.72 Å². The number of carbonyl (C=O) groups excluding carboxylic acids is 1. The van der Waals surface area contributed by atoms with Crippen LogP contribution in [0.3, 0.4) is 0 Å². The molecule has 1 unspecified atom stereocenters. The summed E-state index contributed by atoms with van der Waals surface area (Å²) in [7, 11) is -3.40. The fourth-order valence-corrected chi connectivity index (χ4v) is 6.25. The van der Waals surface area contributed by atoms with Crippen LogP contribution in [0, 0.1) is 5.41 Å². The Morgan fingerprint density at radius 3 is 1.77 bits per heavy atom. The van der Waals surface area contributed by atoms with Crippen LogP contribution in [0.25, 0.3) is 0 Å². The maximum absolute atomic E-state index is 13.2. The van der Waals surface area contributed by atoms with Crippen molar-refractivity contribution in [3.63, 3.8) is 0 Å². The zero-order valence-corrected chi connectivity index (χ0v) is 18.5. The van der Waals surface area contributed by atoms with Gasteiger partial charge in [-0.25, -0.2) is 0 Å². The molecule has 0 bridgehead atoms. The topological polar surface area (TPSA) is 55.8 Å². The quantitative estimate of drug-likeness (QED) is 0.514. The fraction of sp³-hybridized carbons (Fsp3) is 0.240. The van der Waals surface area contributed by atoms with E-state index < -0.39 is 19.1 Å². The number of aliphatic hydroxyl groups excluding tert-OH is 1. The second kappa shape index (κ2) is 9.99. The van der Waals surface area contributed by atoms with Crippen LogP contribution in [0.1, 0.15) is 30.6 Å². The minimum absolute atomic E-state index is 0.00973. The summed E-state index contributed by atoms with van der Waals surface area (Å²) < 4.78 is 12.9. The van der Waals surface area contributed by atoms with E-state index in [0.717, 1.165) is 17.0 Å². The molecule has 0 aliphatic rings. The zero-order valence-electron chi connectivity index (χ0n) is 17.5. The van der Waals surface area contributed by atoms with Gasteiger partial charge in [0.05, 0.1) is 0 Å². The maximum atomic E-state index is 13.2. The molecule has 0 amide bonds. The summed E-state index contributed by atoms with van der Waals surface area (Å²) in [6.07, 6.45) is 0.740. The van der Waals surface area contributed by atoms with Crippen molar-refractivity contribution in [3.05, 3.63) is 96.6 Å². The summed E-state index contributed by atoms with van der Waals surface area (Å²) in [5.74, 6) is -0.419. The first kappa shape index (κ1) is 22.2. The van der Waals surface area contributed by atoms with E-state index in [1.54, 1.807) is 12.1 Å². The Morgan fingerprint density at radius 1 is 0.867 bits per heavy atom. The number of hydrogen-bond donors (Lipinski definition) is 1. The Hall–Kier alpha value is -2.52. The van der Waals surface area contributed by atoms with Crippen molar-refractivity contribution < 1.29 is 18.9 Å². The summed E-state index contributed by atoms with van der Waals surface area (Å²) in [4.78, 5) is 13.2. The molecule has 0 fully saturated rings. The third kappa shape index (κ3) is 4.96. The Kier molecular flexibility index (Phi) is 7.38. The molecule has 0 saturated heterocycles. The first-order valence-corrected chi connectivity index (χ1v) is 12.0. The van der Waals surface area contributed by atoms with E-state index in [0.29, 0.717) is 5.56 Å². The Morgan fingerprint density at radius 2 is 1.33 bits per heavy atom. The molecule has 5 heteroatoms. The number of benzene rings is 3. The molecule has 0 heterocycles. The van der Waals surface area contributed by atoms with E-state index in [-0.39, 0.29) is 13.2 Å². The molecule has 0 aromatic heterocycles. The van der Waals surface area contributed by atoms with Crippen LogP contribution in [-0.4, -0.2) is 24.3 Å². The molecule has 3 aromatic carbocycles. The van der Waals surface area contributed by atoms with Gasteiger partial charge in [-0.1, -0.05) is 0 Å². The van der Waals surface area contributed by atoms with Crippen molar-refractivity contribution in [2.75, 3.05) is 13.2 Å². The van der Waals surface area contributed by atoms with Crippen molar-refractivity contribution >= 4 is 24.3 Å². The molecule has 1 atom stereocenters. The van der Waals surface area contributed by atoms with Gasteiger partial charge >= 0.3 is 179 Å². The minimum atomic E-state index is -3.40. The van der Waals surface area contributed by atoms with Crippen molar-refractivity contribution in [1.29, 1.82) is 0 Å². The van der Waals surface area contributed by atoms with Crippen molar-refractivity contribution in [2.24, 2.45) is 5.41 Å². The van der Waals surface area contributed by atoms with E-state index in [2.05, 4.69) is 0 Å². The summed E-state index contributed by atoms with van der Waals surface area (Å²) >= 11 is 0. The normalized spacial score (nSPS) is 14.0. The van der Waals surface area contributed by atoms with Gasteiger partial charge in [0.15, 0.2) is 0 Å². The SMILES string of the molecule is CCC(C)(CO)CO[PH](OC(=O)c1ccccc1)(c1ccccc1)c1ccccc1. The molecule has 158 valence electrons. The van der Waals surface area contributed by atoms with E-state index in [1.807, 2.05) is 92.7 Å². The average molecular weight is 424 g/mol. The number of rotatable bonds is 9. The molecule has 0 spiro atoms. The molecular weight excluding hydrogens is 395 g/mol. The molecule has 3 rings (SSSR count). The third-order valence-corrected chi connectivity index (χ3v) is 8.62. The van der Waals surface area contributed by atoms with Crippen molar-refractivity contribution in [3.8, 4) is 0 Å². The Balaban J connectivity index is 2.10. The summed E-state index contributed by atoms with van der Waals surface area (Å²) in [6.45, 7) is 4.26. The van der Waals surface area contributed by atoms with E-state index in [1.165, 1.54) is 0 Å². The molecule has 0 aliphatic heterocycles. The number of hydrogen-bond acceptors (Lipinski definition) is 4. The second-order valence-electron chi connectivity index (χ2n) is 7.72. The zero-order chi connectivity index (χ0) is 21.5. The Labute approximate surface area is 179 Å². The van der Waals surface area contributed by atoms with Crippen LogP contribution in [0.4, 0.5) is 0 Å². The van der Waals surface area contributed by atoms with Gasteiger partial charge in [-0.15, -0.1) is 0 Å². The first-order valence-electron chi connectivity index (χ1n) is 10.2. The van der Waals surface area contributed by atoms with Gasteiger partial charge < -0.3 is 0 Å². The molecule has 0 radical (unpaired) electrons. The Bertz CT molecular complexity index is 886. The monoisotopic (exact) mass is 424 g/mol. The summed E-state index contributed by atoms with van der Waals surface area (Å²) in [6, 6.07) is 28.3. The molecule has 0 saturated carbocycles. The third-order valence-electron chi connectivity index (χ3n) is 5.41. The number of carbonyl (C=O) groups is 1. The van der Waals surface area contributed by atoms with Gasteiger partial charge in [-0.2, -0.15) is 0 Å². The molecule has 4 nitrogen and oxygen atoms in total. The standard InChI is InChI=1S/C25H29O4P/c1-3-25(2,19-26)20-28-30(22-15-9-5-10-16-22,23-17-11-6-12-18-23)29-24(27)21-13-7-4-8-14-21/h4-18,26,30H,3,19-20H2,1-2H3. The average Bonchev–Trinajstić information content (AvgIpc) is 2.83. The van der Waals surface area contributed by atoms with Gasteiger partial charge in [-0.3, -0.25) is 0 Å². The molecule has 30 heavy (non-hydrogen) atoms. The van der Waals surface area contributed by atoms with Crippen LogP contribution in [0.2, 0.25) is 0 Å². The predicted molar refractivity (Wildman–Crippen MR) is 124 cm³/mol. The first-order chi connectivity index (χ1) is 14.5. The van der Waals surface area contributed by atoms with Gasteiger partial charge in [0.2, 0.25) is 0 Å². The van der Waals surface area contributed by atoms with E-state index >= 15 is 0 Å². The second-order valence-corrected chi connectivity index (χ2v) is 10.6. The van der Waals surface area contributed by atoms with Gasteiger partial charge in [0, 0.05) is 0 Å². The van der Waals surface area contributed by atoms with Crippen molar-refractivity contribution in [2.45, 2.75) is 20.3 Å². The molecular formula is C25H29O4P. The fourth-order valence-electron chi connectivity index (χ4n) is 3.09. The molecule has 3 aromatic rings. The predicted octanol–water partition coefficient (Wildman–Crippen LogP) is 4.50. The van der Waals surface area contributed by atoms with E-state index in [9.17, 15) is 9.90 Å². The van der Waals surface area contributed by atoms with Gasteiger partial charge in [0.1, 0.15) is 0 Å². The van der Waals surface area contributed by atoms with Crippen LogP contribution in [0.15, 0.2) is 91.0 Å². The molecule has 1 N–H and O–H groups in total. The van der Waals surface area contributed by atoms with E-state index in [4.69, 9.17) is 9.05 Å². The van der Waals surface area contributed by atoms with Crippen LogP contribution in [-0.2, 0) is 9.05 Å². The van der Waals surface area contributed by atoms with Crippen LogP contribution < -0.4 is 10.6 Å². The summed E-state index contributed by atoms with van der Waals surface area (Å²) in [5, 5.41) is 11.6. The summed E-state index contributed by atoms with van der Waals surface area (Å²) in [5.41, 5.74) is 0.0475. The van der Waals surface area contributed by atoms with Gasteiger partial charge in [0.25, 0.3) is 0 Å². The number of aliphatic hydroxyl groups is 1. The van der Waals surface area contributed by atoms with Crippen LogP contribution in [0.5, 0.6) is 0 Å².